The summed E-state index contributed by atoms with van der Waals surface area (Å²) in [7, 11) is 8.66. The van der Waals surface area contributed by atoms with Gasteiger partial charge in [0.05, 0.1) is 104 Å². The molecule has 41 heteroatoms. The van der Waals surface area contributed by atoms with Crippen LogP contribution in [0.15, 0.2) is 59.2 Å². The van der Waals surface area contributed by atoms with Gasteiger partial charge >= 0.3 is 24.1 Å². The number of unbranched alkanes of at least 4 members (excludes halogenated alkanes) is 1. The first-order valence-corrected chi connectivity index (χ1v) is 46.5. The number of aliphatic carboxylic acids is 1. The quantitative estimate of drug-likeness (QED) is 0.00970. The van der Waals surface area contributed by atoms with E-state index in [0.29, 0.717) is 46.2 Å². The number of amides is 5. The van der Waals surface area contributed by atoms with Gasteiger partial charge in [-0.3, -0.25) is 38.4 Å². The number of urea groups is 1. The number of nitrogens with one attached hydrogen (secondary N) is 4. The number of carbonyl (C=O) groups is 10. The number of nitrogens with two attached hydrogens (primary N) is 2. The summed E-state index contributed by atoms with van der Waals surface area (Å²) in [5, 5.41) is 74.9. The van der Waals surface area contributed by atoms with Crippen molar-refractivity contribution in [2.75, 3.05) is 72.9 Å². The largest absolute Gasteiger partial charge is 0.492 e. The number of hydroxylamine groups is 1. The lowest BCUT2D eigenvalue weighted by Gasteiger charge is -2.47. The lowest BCUT2D eigenvalue weighted by atomic mass is 9.72. The molecule has 37 nitrogen and oxygen atoms in total. The van der Waals surface area contributed by atoms with Crippen LogP contribution in [0, 0.1) is 51.9 Å². The molecule has 128 heavy (non-hydrogen) atoms. The van der Waals surface area contributed by atoms with Crippen molar-refractivity contribution in [3.63, 3.8) is 0 Å². The molecule has 2 aliphatic carbocycles. The Kier molecular flexibility index (Phi) is 41.6. The van der Waals surface area contributed by atoms with Gasteiger partial charge < -0.3 is 129 Å². The van der Waals surface area contributed by atoms with Gasteiger partial charge in [-0.2, -0.15) is 5.48 Å². The van der Waals surface area contributed by atoms with Crippen molar-refractivity contribution >= 4 is 120 Å². The van der Waals surface area contributed by atoms with Gasteiger partial charge in [0.25, 0.3) is 0 Å². The van der Waals surface area contributed by atoms with E-state index in [2.05, 4.69) is 45.1 Å². The number of aliphatic hydroxyl groups excluding tert-OH is 4. The highest BCUT2D eigenvalue weighted by atomic mass is 127. The van der Waals surface area contributed by atoms with Crippen LogP contribution in [0.2, 0.25) is 0 Å². The number of Topliss-reactive ketones (excluding diaryl/α,β-unsaturated/α-hetero) is 3. The van der Waals surface area contributed by atoms with E-state index in [0.717, 1.165) is 40.5 Å². The molecule has 6 aliphatic rings. The van der Waals surface area contributed by atoms with E-state index in [9.17, 15) is 78.6 Å². The zero-order valence-corrected chi connectivity index (χ0v) is 78.6. The van der Waals surface area contributed by atoms with Crippen LogP contribution < -0.4 is 47.1 Å². The Balaban J connectivity index is 1.01. The third kappa shape index (κ3) is 28.0. The molecule has 23 atom stereocenters. The van der Waals surface area contributed by atoms with Gasteiger partial charge in [0.15, 0.2) is 47.5 Å². The highest BCUT2D eigenvalue weighted by Crippen LogP contribution is 2.50. The second-order valence-corrected chi connectivity index (χ2v) is 37.0. The second-order valence-electron chi connectivity index (χ2n) is 32.0. The molecule has 0 saturated carbocycles. The maximum Gasteiger partial charge on any atom is 0.410 e. The lowest BCUT2D eigenvalue weighted by molar-refractivity contribution is -0.337. The van der Waals surface area contributed by atoms with Crippen molar-refractivity contribution in [1.82, 2.24) is 21.0 Å². The Bertz CT molecular complexity index is 4430. The van der Waals surface area contributed by atoms with Gasteiger partial charge in [0, 0.05) is 93.0 Å². The van der Waals surface area contributed by atoms with Crippen molar-refractivity contribution in [1.29, 1.82) is 0 Å². The summed E-state index contributed by atoms with van der Waals surface area (Å²) in [5.74, 6) is 5.19. The van der Waals surface area contributed by atoms with Crippen molar-refractivity contribution < 1.29 is 145 Å². The molecule has 4 heterocycles. The first kappa shape index (κ1) is 106. The van der Waals surface area contributed by atoms with Crippen LogP contribution in [-0.4, -0.2) is 288 Å². The van der Waals surface area contributed by atoms with E-state index in [4.69, 9.17) is 77.9 Å². The molecule has 1 unspecified atom stereocenters. The van der Waals surface area contributed by atoms with Gasteiger partial charge in [-0.05, 0) is 145 Å². The number of thioether (sulfide) groups is 1. The number of likely N-dealkylation sites (N-methyl/N-ethyl adjacent to an activating group) is 1. The van der Waals surface area contributed by atoms with Gasteiger partial charge in [0.2, 0.25) is 29.0 Å². The van der Waals surface area contributed by atoms with Crippen molar-refractivity contribution in [2.24, 2.45) is 29.2 Å². The number of aliphatic hydroxyl groups is 5. The molecule has 14 N–H and O–H groups in total. The number of primary amides is 1. The van der Waals surface area contributed by atoms with Crippen molar-refractivity contribution in [3.8, 4) is 40.9 Å². The summed E-state index contributed by atoms with van der Waals surface area (Å²) < 4.78 is 79.6. The van der Waals surface area contributed by atoms with E-state index in [1.807, 2.05) is 22.6 Å². The van der Waals surface area contributed by atoms with E-state index < -0.39 is 204 Å². The standard InChI is InChI=1S/C87H120IN7O30S3/c1-15-95(86(110)118-41-50-26-28-53(29-27-50)92-79(104)52(24-22-33-91-85(90)109)36-57(97)68(43(2)3)93-80(105)51(35-44(4)96)23-19-21-32-89)56-42-117-63(39-61(56)112-10)123-76-71(102)69(46(6)120-84(76)122-60-25-18-16-17-20-31-87(111)40-59(99)54(37-62(100)113-11)66(60)55(87)30-34-126-128-49(9)81(106)107)94-125-64-38-58(98)78(48(8)119-64)127-82(108)65-45(5)67(88)74(77(116-14)73(65)114-12)124-83-72(103)75(115-13)70(101)47(7)121-83/h16-17,26-30,43,46-49,51-52,56,58,60-61,63-64,68-72,75-76,78,83-84,94,98,101-103,111H,15,19,21-24,32-42,89H2,1-14H3,(H,92,104)(H,93,105)(H,106,107)(H3,90,91,109)/b17-16-,55-30?/t46-,47+,48-,49?,51-,52-,56+,58+,60+,61+,63+,64+,68+,69-,70+,71-,72-,75-,76-,78-,83+,84+,87+/m1/s1. The fourth-order valence-corrected chi connectivity index (χ4v) is 19.3. The zero-order valence-electron chi connectivity index (χ0n) is 74.0. The topological polar surface area (TPSA) is 525 Å². The molecule has 0 radical (unpaired) electrons. The van der Waals surface area contributed by atoms with Crippen LogP contribution in [0.3, 0.4) is 0 Å². The lowest BCUT2D eigenvalue weighted by Crippen LogP contribution is -2.65. The predicted octanol–water partition coefficient (Wildman–Crippen LogP) is 5.52. The number of fused-ring (bicyclic) bond motifs is 2. The molecule has 4 saturated heterocycles. The van der Waals surface area contributed by atoms with E-state index in [1.54, 1.807) is 72.7 Å². The first-order chi connectivity index (χ1) is 60.9. The highest BCUT2D eigenvalue weighted by molar-refractivity contribution is 14.1. The van der Waals surface area contributed by atoms with Crippen LogP contribution in [-0.2, 0) is 92.4 Å². The molecular weight excluding hydrogens is 1850 g/mol. The number of benzene rings is 2. The SMILES string of the molecule is CCN(C(=O)OCc1ccc(NC(=O)[C@H](CCCNC(N)=O)CC(=O)[C@@H](NC(=O)[C@H](CCCCN)CC(C)=O)C(C)C)cc1)[C@H]1CO[C@@H](O[C@H]2[C@H](O[C@H]3C#C/C=C\C#C[C@]4(O)CC(=O)C(CC(=O)OC)=C3C4=CCSSC(C)C(=O)O)O[C@H](C)[C@@H](NO[C@H]3C[C@H](O)[C@H](SC(=O)c4c(C)c(I)c(O[C@@H]5O[C@@H](C)[C@H](O)[C@@H](OC)[C@H]5O)c(OC)c4OC)[C@@H](C)O3)[C@H]2O)C[C@@H]1OC. The van der Waals surface area contributed by atoms with Crippen LogP contribution in [0.4, 0.5) is 15.3 Å². The molecule has 4 aliphatic heterocycles. The number of carboxylic acids is 1. The van der Waals surface area contributed by atoms with Gasteiger partial charge in [-0.25, -0.2) is 9.59 Å². The average molecular weight is 1970 g/mol. The molecule has 0 spiro atoms. The summed E-state index contributed by atoms with van der Waals surface area (Å²) in [5.41, 5.74) is 12.6. The van der Waals surface area contributed by atoms with Crippen molar-refractivity contribution in [3.05, 3.63) is 79.5 Å². The number of carboxylic acid groups (broad SMARTS) is 1. The van der Waals surface area contributed by atoms with E-state index in [1.165, 1.54) is 65.4 Å². The molecular formula is C87H120IN7O30S3. The summed E-state index contributed by atoms with van der Waals surface area (Å²) in [6.07, 6.45) is -15.8. The number of hydrogen-bond acceptors (Lipinski definition) is 34. The predicted molar refractivity (Wildman–Crippen MR) is 477 cm³/mol. The minimum Gasteiger partial charge on any atom is -0.492 e. The highest BCUT2D eigenvalue weighted by Gasteiger charge is 2.53. The number of ketones is 3. The fraction of sp³-hybridized carbons (Fsp3) is 0.632. The van der Waals surface area contributed by atoms with E-state index >= 15 is 0 Å². The number of ether oxygens (including phenoxy) is 13. The maximum absolute atomic E-state index is 14.7. The van der Waals surface area contributed by atoms with E-state index in [-0.39, 0.29) is 122 Å². The van der Waals surface area contributed by atoms with Gasteiger partial charge in [-0.1, -0.05) is 95.5 Å². The van der Waals surface area contributed by atoms with Crippen LogP contribution in [0.1, 0.15) is 148 Å². The normalized spacial score (nSPS) is 28.4. The Labute approximate surface area is 769 Å². The van der Waals surface area contributed by atoms with Crippen LogP contribution >= 0.6 is 55.9 Å². The molecule has 708 valence electrons. The Morgan fingerprint density at radius 1 is 0.805 bits per heavy atom. The summed E-state index contributed by atoms with van der Waals surface area (Å²) in [6.45, 7) is 14.6. The number of rotatable bonds is 44. The molecule has 8 rings (SSSR count). The molecule has 2 bridgehead atoms. The van der Waals surface area contributed by atoms with Gasteiger partial charge in [0.1, 0.15) is 54.3 Å². The summed E-state index contributed by atoms with van der Waals surface area (Å²) in [6, 6.07) is 2.55. The number of halogens is 1. The minimum atomic E-state index is -2.25. The average Bonchev–Trinajstić information content (AvgIpc) is 0.747. The molecule has 0 aromatic heterocycles. The number of carbonyl (C=O) groups excluding carboxylic acids is 9. The number of allylic oxidation sites excluding steroid dienone is 2. The fourth-order valence-electron chi connectivity index (χ4n) is 15.6. The molecule has 4 fully saturated rings. The minimum absolute atomic E-state index is 0.00579. The first-order valence-electron chi connectivity index (χ1n) is 42.1. The molecule has 5 amide bonds. The Morgan fingerprint density at radius 2 is 1.49 bits per heavy atom. The van der Waals surface area contributed by atoms with Gasteiger partial charge in [-0.15, -0.1) is 0 Å². The second kappa shape index (κ2) is 50.3. The summed E-state index contributed by atoms with van der Waals surface area (Å²) in [4.78, 5) is 142. The third-order valence-electron chi connectivity index (χ3n) is 22.6. The smallest absolute Gasteiger partial charge is 0.410 e. The van der Waals surface area contributed by atoms with Crippen LogP contribution in [0.5, 0.6) is 17.2 Å². The zero-order chi connectivity index (χ0) is 94.1. The van der Waals surface area contributed by atoms with Crippen molar-refractivity contribution in [2.45, 2.75) is 266 Å². The third-order valence-corrected chi connectivity index (χ3v) is 27.9. The summed E-state index contributed by atoms with van der Waals surface area (Å²) >= 11 is 2.74. The number of esters is 1. The Hall–Kier alpha value is -7.58. The maximum atomic E-state index is 14.7. The van der Waals surface area contributed by atoms with Crippen LogP contribution in [0.25, 0.3) is 0 Å². The number of methoxy groups -OCH3 is 5. The number of hydrogen-bond donors (Lipinski definition) is 12. The molecule has 2 aromatic rings. The molecule has 2 aromatic carbocycles. The Morgan fingerprint density at radius 3 is 2.12 bits per heavy atom. The number of anilines is 1. The number of nitrogens with zero attached hydrogens (tertiary/aromatic N) is 1. The monoisotopic (exact) mass is 1970 g/mol.